The summed E-state index contributed by atoms with van der Waals surface area (Å²) >= 11 is 0. The molecule has 0 aliphatic carbocycles. The third-order valence-corrected chi connectivity index (χ3v) is 3.51. The molecule has 0 bridgehead atoms. The maximum atomic E-state index is 12.2. The number of benzene rings is 2. The predicted octanol–water partition coefficient (Wildman–Crippen LogP) is 2.95. The molecule has 0 aromatic heterocycles. The second-order valence-electron chi connectivity index (χ2n) is 5.07. The van der Waals surface area contributed by atoms with Gasteiger partial charge < -0.3 is 19.5 Å². The van der Waals surface area contributed by atoms with Gasteiger partial charge in [0.15, 0.2) is 11.5 Å². The van der Waals surface area contributed by atoms with E-state index in [4.69, 9.17) is 14.2 Å². The van der Waals surface area contributed by atoms with Crippen molar-refractivity contribution in [2.45, 2.75) is 13.5 Å². The Labute approximate surface area is 136 Å². The number of ether oxygens (including phenoxy) is 3. The highest BCUT2D eigenvalue weighted by Crippen LogP contribution is 2.34. The molecule has 0 aliphatic rings. The lowest BCUT2D eigenvalue weighted by Gasteiger charge is -2.14. The van der Waals surface area contributed by atoms with Crippen LogP contribution in [0.1, 0.15) is 21.5 Å². The minimum Gasteiger partial charge on any atom is -0.496 e. The van der Waals surface area contributed by atoms with Crippen LogP contribution in [0.25, 0.3) is 0 Å². The molecule has 0 saturated carbocycles. The monoisotopic (exact) mass is 315 g/mol. The van der Waals surface area contributed by atoms with E-state index in [1.807, 2.05) is 25.1 Å². The molecule has 2 aromatic rings. The van der Waals surface area contributed by atoms with E-state index in [-0.39, 0.29) is 5.91 Å². The van der Waals surface area contributed by atoms with Gasteiger partial charge in [-0.05, 0) is 25.1 Å². The van der Waals surface area contributed by atoms with Gasteiger partial charge in [0, 0.05) is 23.7 Å². The van der Waals surface area contributed by atoms with Crippen LogP contribution < -0.4 is 19.5 Å². The van der Waals surface area contributed by atoms with Crippen molar-refractivity contribution in [2.75, 3.05) is 21.3 Å². The second kappa shape index (κ2) is 7.54. The molecule has 1 amide bonds. The third-order valence-electron chi connectivity index (χ3n) is 3.51. The molecule has 5 nitrogen and oxygen atoms in total. The lowest BCUT2D eigenvalue weighted by molar-refractivity contribution is 0.0950. The van der Waals surface area contributed by atoms with Crippen LogP contribution in [0.2, 0.25) is 0 Å². The van der Waals surface area contributed by atoms with Crippen LogP contribution >= 0.6 is 0 Å². The first-order valence-corrected chi connectivity index (χ1v) is 7.22. The quantitative estimate of drug-likeness (QED) is 0.890. The number of amides is 1. The Bertz CT molecular complexity index is 697. The normalized spacial score (nSPS) is 10.1. The highest BCUT2D eigenvalue weighted by atomic mass is 16.5. The van der Waals surface area contributed by atoms with Crippen molar-refractivity contribution in [3.8, 4) is 17.2 Å². The van der Waals surface area contributed by atoms with Gasteiger partial charge in [0.1, 0.15) is 5.75 Å². The minimum atomic E-state index is -0.134. The Morgan fingerprint density at radius 3 is 2.22 bits per heavy atom. The molecule has 1 N–H and O–H groups in total. The Balaban J connectivity index is 2.17. The lowest BCUT2D eigenvalue weighted by atomic mass is 10.1. The summed E-state index contributed by atoms with van der Waals surface area (Å²) in [6.45, 7) is 2.28. The summed E-state index contributed by atoms with van der Waals surface area (Å²) in [4.78, 5) is 12.2. The highest BCUT2D eigenvalue weighted by Gasteiger charge is 2.13. The maximum Gasteiger partial charge on any atom is 0.251 e. The van der Waals surface area contributed by atoms with Crippen molar-refractivity contribution in [1.29, 1.82) is 0 Å². The molecular weight excluding hydrogens is 294 g/mol. The first kappa shape index (κ1) is 16.7. The van der Waals surface area contributed by atoms with Gasteiger partial charge >= 0.3 is 0 Å². The van der Waals surface area contributed by atoms with E-state index in [1.165, 1.54) is 0 Å². The van der Waals surface area contributed by atoms with E-state index < -0.39 is 0 Å². The van der Waals surface area contributed by atoms with Crippen LogP contribution in [-0.4, -0.2) is 27.2 Å². The molecule has 0 unspecified atom stereocenters. The van der Waals surface area contributed by atoms with Gasteiger partial charge in [-0.15, -0.1) is 0 Å². The summed E-state index contributed by atoms with van der Waals surface area (Å²) < 4.78 is 15.9. The first-order valence-electron chi connectivity index (χ1n) is 7.22. The fraction of sp³-hybridized carbons (Fsp3) is 0.278. The summed E-state index contributed by atoms with van der Waals surface area (Å²) in [5.41, 5.74) is 2.48. The van der Waals surface area contributed by atoms with Crippen molar-refractivity contribution in [3.63, 3.8) is 0 Å². The number of rotatable bonds is 6. The molecule has 0 aliphatic heterocycles. The van der Waals surface area contributed by atoms with Gasteiger partial charge in [-0.1, -0.05) is 17.7 Å². The summed E-state index contributed by atoms with van der Waals surface area (Å²) in [6, 6.07) is 11.0. The number of aryl methyl sites for hydroxylation is 1. The number of nitrogens with one attached hydrogen (secondary N) is 1. The average Bonchev–Trinajstić information content (AvgIpc) is 2.58. The van der Waals surface area contributed by atoms with Crippen LogP contribution in [0.15, 0.2) is 36.4 Å². The van der Waals surface area contributed by atoms with Gasteiger partial charge in [0.05, 0.1) is 21.3 Å². The molecule has 5 heteroatoms. The summed E-state index contributed by atoms with van der Waals surface area (Å²) in [5, 5.41) is 2.89. The van der Waals surface area contributed by atoms with Crippen molar-refractivity contribution >= 4 is 5.91 Å². The van der Waals surface area contributed by atoms with Crippen LogP contribution in [0.5, 0.6) is 17.2 Å². The van der Waals surface area contributed by atoms with Gasteiger partial charge in [0.2, 0.25) is 0 Å². The van der Waals surface area contributed by atoms with Crippen LogP contribution in [0.4, 0.5) is 0 Å². The Kier molecular flexibility index (Phi) is 5.46. The average molecular weight is 315 g/mol. The molecule has 0 saturated heterocycles. The fourth-order valence-corrected chi connectivity index (χ4v) is 2.29. The fourth-order valence-electron chi connectivity index (χ4n) is 2.29. The number of methoxy groups -OCH3 is 3. The van der Waals surface area contributed by atoms with E-state index in [2.05, 4.69) is 5.32 Å². The molecular formula is C18H21NO4. The number of carbonyl (C=O) groups excluding carboxylic acids is 1. The van der Waals surface area contributed by atoms with Crippen LogP contribution in [-0.2, 0) is 6.54 Å². The highest BCUT2D eigenvalue weighted by molar-refractivity contribution is 5.94. The zero-order chi connectivity index (χ0) is 16.8. The standard InChI is InChI=1S/C18H21NO4/c1-12-6-5-7-13(8-12)18(20)19-11-14-9-16(22-3)17(23-4)10-15(14)21-2/h5-10H,11H2,1-4H3,(H,19,20). The summed E-state index contributed by atoms with van der Waals surface area (Å²) in [6.07, 6.45) is 0. The summed E-state index contributed by atoms with van der Waals surface area (Å²) in [7, 11) is 4.71. The Morgan fingerprint density at radius 1 is 0.957 bits per heavy atom. The molecule has 0 radical (unpaired) electrons. The van der Waals surface area contributed by atoms with Gasteiger partial charge in [-0.3, -0.25) is 4.79 Å². The Hall–Kier alpha value is -2.69. The predicted molar refractivity (Wildman–Crippen MR) is 88.4 cm³/mol. The van der Waals surface area contributed by atoms with Crippen molar-refractivity contribution in [3.05, 3.63) is 53.1 Å². The van der Waals surface area contributed by atoms with E-state index in [1.54, 1.807) is 39.5 Å². The minimum absolute atomic E-state index is 0.134. The molecule has 23 heavy (non-hydrogen) atoms. The third kappa shape index (κ3) is 3.94. The smallest absolute Gasteiger partial charge is 0.251 e. The second-order valence-corrected chi connectivity index (χ2v) is 5.07. The van der Waals surface area contributed by atoms with E-state index in [0.717, 1.165) is 11.1 Å². The zero-order valence-electron chi connectivity index (χ0n) is 13.8. The van der Waals surface area contributed by atoms with Crippen LogP contribution in [0, 0.1) is 6.92 Å². The van der Waals surface area contributed by atoms with Crippen molar-refractivity contribution < 1.29 is 19.0 Å². The van der Waals surface area contributed by atoms with Gasteiger partial charge in [-0.25, -0.2) is 0 Å². The molecule has 2 rings (SSSR count). The number of hydrogen-bond donors (Lipinski definition) is 1. The first-order chi connectivity index (χ1) is 11.1. The maximum absolute atomic E-state index is 12.2. The Morgan fingerprint density at radius 2 is 1.61 bits per heavy atom. The number of hydrogen-bond acceptors (Lipinski definition) is 4. The van der Waals surface area contributed by atoms with Crippen LogP contribution in [0.3, 0.4) is 0 Å². The molecule has 0 spiro atoms. The SMILES string of the molecule is COc1cc(OC)c(OC)cc1CNC(=O)c1cccc(C)c1. The molecule has 0 heterocycles. The van der Waals surface area contributed by atoms with Crippen molar-refractivity contribution in [2.24, 2.45) is 0 Å². The van der Waals surface area contributed by atoms with Gasteiger partial charge in [0.25, 0.3) is 5.91 Å². The van der Waals surface area contributed by atoms with E-state index in [0.29, 0.717) is 29.4 Å². The van der Waals surface area contributed by atoms with E-state index in [9.17, 15) is 4.79 Å². The molecule has 0 fully saturated rings. The molecule has 122 valence electrons. The van der Waals surface area contributed by atoms with Crippen molar-refractivity contribution in [1.82, 2.24) is 5.32 Å². The number of carbonyl (C=O) groups is 1. The summed E-state index contributed by atoms with van der Waals surface area (Å²) in [5.74, 6) is 1.67. The topological polar surface area (TPSA) is 56.8 Å². The molecule has 0 atom stereocenters. The van der Waals surface area contributed by atoms with Gasteiger partial charge in [-0.2, -0.15) is 0 Å². The zero-order valence-corrected chi connectivity index (χ0v) is 13.8. The van der Waals surface area contributed by atoms with E-state index >= 15 is 0 Å². The molecule has 2 aromatic carbocycles. The largest absolute Gasteiger partial charge is 0.496 e. The lowest BCUT2D eigenvalue weighted by Crippen LogP contribution is -2.23.